The fourth-order valence-corrected chi connectivity index (χ4v) is 3.16. The maximum absolute atomic E-state index is 11.8. The quantitative estimate of drug-likeness (QED) is 0.497. The van der Waals surface area contributed by atoms with Crippen LogP contribution < -0.4 is 14.8 Å². The van der Waals surface area contributed by atoms with Gasteiger partial charge in [-0.3, -0.25) is 4.79 Å². The summed E-state index contributed by atoms with van der Waals surface area (Å²) >= 11 is 0. The second-order valence-corrected chi connectivity index (χ2v) is 6.67. The summed E-state index contributed by atoms with van der Waals surface area (Å²) in [6.45, 7) is 3.09. The maximum atomic E-state index is 11.8. The molecule has 0 unspecified atom stereocenters. The highest BCUT2D eigenvalue weighted by Gasteiger charge is 2.19. The van der Waals surface area contributed by atoms with Crippen molar-refractivity contribution in [1.82, 2.24) is 10.3 Å². The molecule has 0 fully saturated rings. The molecule has 28 heavy (non-hydrogen) atoms. The van der Waals surface area contributed by atoms with Gasteiger partial charge in [0.15, 0.2) is 11.5 Å². The molecule has 0 aliphatic carbocycles. The van der Waals surface area contributed by atoms with Gasteiger partial charge in [-0.1, -0.05) is 31.2 Å². The van der Waals surface area contributed by atoms with Gasteiger partial charge in [-0.15, -0.1) is 0 Å². The average molecular weight is 382 g/mol. The highest BCUT2D eigenvalue weighted by atomic mass is 16.5. The van der Waals surface area contributed by atoms with Crippen LogP contribution in [-0.4, -0.2) is 35.8 Å². The molecule has 0 saturated carbocycles. The molecular weight excluding hydrogens is 356 g/mol. The minimum absolute atomic E-state index is 0.397. The average Bonchev–Trinajstić information content (AvgIpc) is 3.12. The molecule has 0 aliphatic rings. The highest BCUT2D eigenvalue weighted by Crippen LogP contribution is 2.28. The van der Waals surface area contributed by atoms with Crippen molar-refractivity contribution in [3.05, 3.63) is 59.8 Å². The van der Waals surface area contributed by atoms with E-state index in [0.717, 1.165) is 28.5 Å². The van der Waals surface area contributed by atoms with Crippen LogP contribution in [0.1, 0.15) is 24.5 Å². The number of aromatic nitrogens is 1. The molecule has 1 aromatic heterocycles. The molecule has 0 aliphatic heterocycles. The van der Waals surface area contributed by atoms with E-state index in [2.05, 4.69) is 10.3 Å². The SMILES string of the molecule is CCCOc1ccc(CN[C@@H](Cc2c[nH]c3ccccc23)C(=O)O)cc1OC. The standard InChI is InChI=1S/C22H26N2O4/c1-3-10-28-20-9-8-15(11-21(20)27-2)13-23-19(22(25)26)12-16-14-24-18-7-5-4-6-17(16)18/h4-9,11,14,19,23-24H,3,10,12-13H2,1-2H3,(H,25,26)/t19-/m0/s1. The summed E-state index contributed by atoms with van der Waals surface area (Å²) in [7, 11) is 1.60. The molecule has 6 heteroatoms. The second-order valence-electron chi connectivity index (χ2n) is 6.67. The molecule has 0 amide bonds. The zero-order valence-electron chi connectivity index (χ0n) is 16.2. The van der Waals surface area contributed by atoms with Gasteiger partial charge in [0.05, 0.1) is 13.7 Å². The molecule has 0 saturated heterocycles. The number of para-hydroxylation sites is 1. The number of fused-ring (bicyclic) bond motifs is 1. The lowest BCUT2D eigenvalue weighted by atomic mass is 10.0. The van der Waals surface area contributed by atoms with E-state index in [1.54, 1.807) is 7.11 Å². The predicted octanol–water partition coefficient (Wildman–Crippen LogP) is 3.75. The Kier molecular flexibility index (Phi) is 6.55. The first-order valence-corrected chi connectivity index (χ1v) is 9.43. The monoisotopic (exact) mass is 382 g/mol. The number of aliphatic carboxylic acids is 1. The zero-order chi connectivity index (χ0) is 19.9. The first-order chi connectivity index (χ1) is 13.6. The third-order valence-corrected chi connectivity index (χ3v) is 4.64. The van der Waals surface area contributed by atoms with Gasteiger partial charge >= 0.3 is 5.97 Å². The van der Waals surface area contributed by atoms with E-state index in [0.29, 0.717) is 31.1 Å². The number of ether oxygens (including phenoxy) is 2. The van der Waals surface area contributed by atoms with Crippen molar-refractivity contribution in [3.8, 4) is 11.5 Å². The number of H-pyrrole nitrogens is 1. The van der Waals surface area contributed by atoms with Crippen LogP contribution in [0.4, 0.5) is 0 Å². The summed E-state index contributed by atoms with van der Waals surface area (Å²) in [4.78, 5) is 15.0. The lowest BCUT2D eigenvalue weighted by Crippen LogP contribution is -2.38. The van der Waals surface area contributed by atoms with Gasteiger partial charge in [0.1, 0.15) is 6.04 Å². The third kappa shape index (κ3) is 4.64. The normalized spacial score (nSPS) is 12.1. The van der Waals surface area contributed by atoms with Crippen molar-refractivity contribution >= 4 is 16.9 Å². The van der Waals surface area contributed by atoms with Gasteiger partial charge in [0.25, 0.3) is 0 Å². The van der Waals surface area contributed by atoms with E-state index in [4.69, 9.17) is 9.47 Å². The molecule has 6 nitrogen and oxygen atoms in total. The Bertz CT molecular complexity index is 935. The van der Waals surface area contributed by atoms with Gasteiger partial charge in [-0.2, -0.15) is 0 Å². The number of benzene rings is 2. The van der Waals surface area contributed by atoms with Crippen molar-refractivity contribution in [2.24, 2.45) is 0 Å². The molecular formula is C22H26N2O4. The van der Waals surface area contributed by atoms with E-state index in [-0.39, 0.29) is 0 Å². The molecule has 0 radical (unpaired) electrons. The van der Waals surface area contributed by atoms with Crippen molar-refractivity contribution in [3.63, 3.8) is 0 Å². The first-order valence-electron chi connectivity index (χ1n) is 9.43. The summed E-state index contributed by atoms with van der Waals surface area (Å²) < 4.78 is 11.1. The van der Waals surface area contributed by atoms with Gasteiger partial charge in [0, 0.05) is 30.1 Å². The molecule has 0 bridgehead atoms. The Labute approximate surface area is 164 Å². The lowest BCUT2D eigenvalue weighted by Gasteiger charge is -2.16. The summed E-state index contributed by atoms with van der Waals surface area (Å²) in [5.41, 5.74) is 2.93. The fraction of sp³-hybridized carbons (Fsp3) is 0.318. The van der Waals surface area contributed by atoms with Crippen LogP contribution >= 0.6 is 0 Å². The Hall–Kier alpha value is -2.99. The minimum atomic E-state index is -0.875. The van der Waals surface area contributed by atoms with Gasteiger partial charge < -0.3 is 24.9 Å². The van der Waals surface area contributed by atoms with Crippen molar-refractivity contribution < 1.29 is 19.4 Å². The fourth-order valence-electron chi connectivity index (χ4n) is 3.16. The first kappa shape index (κ1) is 19.8. The van der Waals surface area contributed by atoms with Crippen molar-refractivity contribution in [1.29, 1.82) is 0 Å². The van der Waals surface area contributed by atoms with E-state index >= 15 is 0 Å². The molecule has 3 rings (SSSR count). The number of rotatable bonds is 10. The van der Waals surface area contributed by atoms with Crippen LogP contribution in [0.3, 0.4) is 0 Å². The van der Waals surface area contributed by atoms with E-state index in [9.17, 15) is 9.90 Å². The molecule has 1 heterocycles. The molecule has 1 atom stereocenters. The largest absolute Gasteiger partial charge is 0.493 e. The van der Waals surface area contributed by atoms with Crippen LogP contribution in [0.5, 0.6) is 11.5 Å². The number of hydrogen-bond acceptors (Lipinski definition) is 4. The number of carbonyl (C=O) groups is 1. The summed E-state index contributed by atoms with van der Waals surface area (Å²) in [6.07, 6.45) is 3.19. The Morgan fingerprint density at radius 1 is 1.21 bits per heavy atom. The number of nitrogens with one attached hydrogen (secondary N) is 2. The number of carboxylic acid groups (broad SMARTS) is 1. The molecule has 2 aromatic carbocycles. The third-order valence-electron chi connectivity index (χ3n) is 4.64. The van der Waals surface area contributed by atoms with Crippen LogP contribution in [0.25, 0.3) is 10.9 Å². The molecule has 3 N–H and O–H groups in total. The van der Waals surface area contributed by atoms with Gasteiger partial charge in [-0.05, 0) is 35.7 Å². The molecule has 3 aromatic rings. The predicted molar refractivity (Wildman–Crippen MR) is 109 cm³/mol. The highest BCUT2D eigenvalue weighted by molar-refractivity contribution is 5.84. The van der Waals surface area contributed by atoms with Crippen LogP contribution in [-0.2, 0) is 17.8 Å². The minimum Gasteiger partial charge on any atom is -0.493 e. The van der Waals surface area contributed by atoms with Crippen LogP contribution in [0.2, 0.25) is 0 Å². The van der Waals surface area contributed by atoms with Crippen LogP contribution in [0, 0.1) is 0 Å². The number of aromatic amines is 1. The number of carboxylic acids is 1. The van der Waals surface area contributed by atoms with Gasteiger partial charge in [-0.25, -0.2) is 0 Å². The Balaban J connectivity index is 1.69. The Morgan fingerprint density at radius 2 is 2.04 bits per heavy atom. The molecule has 0 spiro atoms. The van der Waals surface area contributed by atoms with E-state index in [1.807, 2.05) is 55.6 Å². The summed E-state index contributed by atoms with van der Waals surface area (Å²) in [5.74, 6) is 0.470. The van der Waals surface area contributed by atoms with E-state index < -0.39 is 12.0 Å². The van der Waals surface area contributed by atoms with E-state index in [1.165, 1.54) is 0 Å². The number of hydrogen-bond donors (Lipinski definition) is 3. The summed E-state index contributed by atoms with van der Waals surface area (Å²) in [5, 5.41) is 13.8. The number of methoxy groups -OCH3 is 1. The van der Waals surface area contributed by atoms with Crippen molar-refractivity contribution in [2.45, 2.75) is 32.4 Å². The van der Waals surface area contributed by atoms with Crippen molar-refractivity contribution in [2.75, 3.05) is 13.7 Å². The zero-order valence-corrected chi connectivity index (χ0v) is 16.2. The molecule has 148 valence electrons. The van der Waals surface area contributed by atoms with Gasteiger partial charge in [0.2, 0.25) is 0 Å². The Morgan fingerprint density at radius 3 is 2.79 bits per heavy atom. The topological polar surface area (TPSA) is 83.6 Å². The smallest absolute Gasteiger partial charge is 0.321 e. The summed E-state index contributed by atoms with van der Waals surface area (Å²) in [6, 6.07) is 12.9. The maximum Gasteiger partial charge on any atom is 0.321 e. The second kappa shape index (κ2) is 9.28. The lowest BCUT2D eigenvalue weighted by molar-refractivity contribution is -0.139. The van der Waals surface area contributed by atoms with Crippen LogP contribution in [0.15, 0.2) is 48.7 Å².